The SMILES string of the molecule is CC.CC.Nc1ccc(OCCN2CCCC2)c(F)c1. The third kappa shape index (κ3) is 6.75. The molecular formula is C16H29FN2O. The van der Waals surface area contributed by atoms with Gasteiger partial charge in [0.1, 0.15) is 6.61 Å². The molecule has 2 rings (SSSR count). The van der Waals surface area contributed by atoms with Gasteiger partial charge < -0.3 is 10.5 Å². The predicted octanol–water partition coefficient (Wildman–Crippen LogP) is 3.93. The van der Waals surface area contributed by atoms with E-state index in [0.29, 0.717) is 12.3 Å². The maximum Gasteiger partial charge on any atom is 0.167 e. The van der Waals surface area contributed by atoms with Crippen LogP contribution in [0.3, 0.4) is 0 Å². The lowest BCUT2D eigenvalue weighted by Crippen LogP contribution is -2.25. The van der Waals surface area contributed by atoms with Crippen LogP contribution in [0.5, 0.6) is 5.75 Å². The van der Waals surface area contributed by atoms with Gasteiger partial charge >= 0.3 is 0 Å². The summed E-state index contributed by atoms with van der Waals surface area (Å²) in [5, 5.41) is 0. The molecule has 1 fully saturated rings. The second-order valence-corrected chi connectivity index (χ2v) is 4.09. The second kappa shape index (κ2) is 11.5. The molecule has 1 saturated heterocycles. The lowest BCUT2D eigenvalue weighted by Gasteiger charge is -2.15. The van der Waals surface area contributed by atoms with Gasteiger partial charge in [-0.05, 0) is 38.1 Å². The van der Waals surface area contributed by atoms with Gasteiger partial charge in [0.2, 0.25) is 0 Å². The molecule has 20 heavy (non-hydrogen) atoms. The van der Waals surface area contributed by atoms with Gasteiger partial charge in [-0.3, -0.25) is 4.90 Å². The molecule has 1 aromatic rings. The number of benzene rings is 1. The van der Waals surface area contributed by atoms with Crippen LogP contribution >= 0.6 is 0 Å². The standard InChI is InChI=1S/C12H17FN2O.2C2H6/c13-11-9-10(14)3-4-12(11)16-8-7-15-5-1-2-6-15;2*1-2/h3-4,9H,1-2,5-8,14H2;2*1-2H3. The van der Waals surface area contributed by atoms with Crippen molar-refractivity contribution >= 4 is 5.69 Å². The average Bonchev–Trinajstić information content (AvgIpc) is 2.99. The summed E-state index contributed by atoms with van der Waals surface area (Å²) in [7, 11) is 0. The molecule has 1 aromatic carbocycles. The van der Waals surface area contributed by atoms with E-state index < -0.39 is 0 Å². The van der Waals surface area contributed by atoms with Crippen LogP contribution in [0, 0.1) is 5.82 Å². The van der Waals surface area contributed by atoms with E-state index in [9.17, 15) is 4.39 Å². The highest BCUT2D eigenvalue weighted by molar-refractivity contribution is 5.42. The molecule has 0 spiro atoms. The fraction of sp³-hybridized carbons (Fsp3) is 0.625. The van der Waals surface area contributed by atoms with E-state index in [1.807, 2.05) is 27.7 Å². The van der Waals surface area contributed by atoms with Crippen LogP contribution in [0.4, 0.5) is 10.1 Å². The third-order valence-corrected chi connectivity index (χ3v) is 2.82. The number of hydrogen-bond acceptors (Lipinski definition) is 3. The molecule has 0 aliphatic carbocycles. The van der Waals surface area contributed by atoms with Crippen LogP contribution in [-0.2, 0) is 0 Å². The Morgan fingerprint density at radius 1 is 1.15 bits per heavy atom. The molecule has 0 amide bonds. The molecule has 1 aliphatic heterocycles. The van der Waals surface area contributed by atoms with Crippen molar-refractivity contribution in [1.29, 1.82) is 0 Å². The van der Waals surface area contributed by atoms with Crippen LogP contribution in [-0.4, -0.2) is 31.1 Å². The van der Waals surface area contributed by atoms with Crippen molar-refractivity contribution < 1.29 is 9.13 Å². The van der Waals surface area contributed by atoms with Gasteiger partial charge in [0.05, 0.1) is 0 Å². The summed E-state index contributed by atoms with van der Waals surface area (Å²) < 4.78 is 18.7. The largest absolute Gasteiger partial charge is 0.489 e. The Labute approximate surface area is 122 Å². The zero-order valence-corrected chi connectivity index (χ0v) is 13.3. The average molecular weight is 284 g/mol. The first-order valence-corrected chi connectivity index (χ1v) is 7.66. The highest BCUT2D eigenvalue weighted by atomic mass is 19.1. The van der Waals surface area contributed by atoms with Crippen molar-refractivity contribution in [3.05, 3.63) is 24.0 Å². The number of ether oxygens (including phenoxy) is 1. The van der Waals surface area contributed by atoms with Crippen LogP contribution < -0.4 is 10.5 Å². The summed E-state index contributed by atoms with van der Waals surface area (Å²) in [5.41, 5.74) is 5.87. The van der Waals surface area contributed by atoms with Crippen molar-refractivity contribution in [2.24, 2.45) is 0 Å². The van der Waals surface area contributed by atoms with Crippen LogP contribution in [0.25, 0.3) is 0 Å². The Bertz CT molecular complexity index is 352. The van der Waals surface area contributed by atoms with Crippen molar-refractivity contribution in [2.45, 2.75) is 40.5 Å². The topological polar surface area (TPSA) is 38.5 Å². The zero-order valence-electron chi connectivity index (χ0n) is 13.3. The number of anilines is 1. The summed E-state index contributed by atoms with van der Waals surface area (Å²) in [4.78, 5) is 2.33. The summed E-state index contributed by atoms with van der Waals surface area (Å²) in [6, 6.07) is 4.51. The zero-order chi connectivity index (χ0) is 15.4. The molecule has 1 heterocycles. The molecule has 4 heteroatoms. The van der Waals surface area contributed by atoms with Gasteiger partial charge in [0, 0.05) is 18.3 Å². The molecule has 0 radical (unpaired) electrons. The number of hydrogen-bond donors (Lipinski definition) is 1. The Balaban J connectivity index is 0.000000829. The first kappa shape index (κ1) is 18.7. The summed E-state index contributed by atoms with van der Waals surface area (Å²) in [5.74, 6) is -0.102. The van der Waals surface area contributed by atoms with E-state index in [4.69, 9.17) is 10.5 Å². The summed E-state index contributed by atoms with van der Waals surface area (Å²) in [6.45, 7) is 11.7. The van der Waals surface area contributed by atoms with E-state index in [1.165, 1.54) is 18.9 Å². The van der Waals surface area contributed by atoms with Gasteiger partial charge in [0.25, 0.3) is 0 Å². The number of likely N-dealkylation sites (tertiary alicyclic amines) is 1. The Morgan fingerprint density at radius 2 is 1.75 bits per heavy atom. The predicted molar refractivity (Wildman–Crippen MR) is 84.7 cm³/mol. The smallest absolute Gasteiger partial charge is 0.167 e. The molecule has 2 N–H and O–H groups in total. The van der Waals surface area contributed by atoms with E-state index >= 15 is 0 Å². The molecule has 0 saturated carbocycles. The van der Waals surface area contributed by atoms with Crippen LogP contribution in [0.1, 0.15) is 40.5 Å². The van der Waals surface area contributed by atoms with Gasteiger partial charge in [-0.15, -0.1) is 0 Å². The fourth-order valence-corrected chi connectivity index (χ4v) is 1.93. The normalized spacial score (nSPS) is 13.8. The van der Waals surface area contributed by atoms with Crippen molar-refractivity contribution in [2.75, 3.05) is 32.0 Å². The minimum Gasteiger partial charge on any atom is -0.489 e. The summed E-state index contributed by atoms with van der Waals surface area (Å²) in [6.07, 6.45) is 2.52. The summed E-state index contributed by atoms with van der Waals surface area (Å²) >= 11 is 0. The third-order valence-electron chi connectivity index (χ3n) is 2.82. The number of nitrogens with two attached hydrogens (primary N) is 1. The molecule has 0 atom stereocenters. The van der Waals surface area contributed by atoms with Gasteiger partial charge in [-0.2, -0.15) is 0 Å². The highest BCUT2D eigenvalue weighted by Crippen LogP contribution is 2.19. The van der Waals surface area contributed by atoms with E-state index in [2.05, 4.69) is 4.90 Å². The first-order valence-electron chi connectivity index (χ1n) is 7.66. The lowest BCUT2D eigenvalue weighted by atomic mass is 10.3. The van der Waals surface area contributed by atoms with Crippen molar-refractivity contribution in [3.8, 4) is 5.75 Å². The van der Waals surface area contributed by atoms with Gasteiger partial charge in [-0.25, -0.2) is 4.39 Å². The lowest BCUT2D eigenvalue weighted by molar-refractivity contribution is 0.231. The van der Waals surface area contributed by atoms with Gasteiger partial charge in [0.15, 0.2) is 11.6 Å². The number of rotatable bonds is 4. The van der Waals surface area contributed by atoms with Crippen LogP contribution in [0.2, 0.25) is 0 Å². The van der Waals surface area contributed by atoms with Crippen molar-refractivity contribution in [1.82, 2.24) is 4.90 Å². The second-order valence-electron chi connectivity index (χ2n) is 4.09. The molecule has 1 aliphatic rings. The minimum atomic E-state index is -0.388. The van der Waals surface area contributed by atoms with E-state index in [-0.39, 0.29) is 11.6 Å². The molecule has 0 bridgehead atoms. The minimum absolute atomic E-state index is 0.286. The van der Waals surface area contributed by atoms with Gasteiger partial charge in [-0.1, -0.05) is 27.7 Å². The Kier molecular flexibility index (Phi) is 10.8. The van der Waals surface area contributed by atoms with E-state index in [1.54, 1.807) is 12.1 Å². The maximum atomic E-state index is 13.3. The molecule has 0 aromatic heterocycles. The molecular weight excluding hydrogens is 255 g/mol. The molecule has 116 valence electrons. The highest BCUT2D eigenvalue weighted by Gasteiger charge is 2.11. The molecule has 3 nitrogen and oxygen atoms in total. The quantitative estimate of drug-likeness (QED) is 0.851. The van der Waals surface area contributed by atoms with Crippen LogP contribution in [0.15, 0.2) is 18.2 Å². The monoisotopic (exact) mass is 284 g/mol. The number of halogens is 1. The Morgan fingerprint density at radius 3 is 2.30 bits per heavy atom. The number of nitrogens with zero attached hydrogens (tertiary/aromatic N) is 1. The fourth-order valence-electron chi connectivity index (χ4n) is 1.93. The van der Waals surface area contributed by atoms with Crippen molar-refractivity contribution in [3.63, 3.8) is 0 Å². The number of nitrogen functional groups attached to an aromatic ring is 1. The first-order chi connectivity index (χ1) is 9.75. The maximum absolute atomic E-state index is 13.3. The molecule has 0 unspecified atom stereocenters. The van der Waals surface area contributed by atoms with E-state index in [0.717, 1.165) is 19.6 Å². The Hall–Kier alpha value is -1.29.